The van der Waals surface area contributed by atoms with Gasteiger partial charge in [-0.15, -0.1) is 0 Å². The first-order chi connectivity index (χ1) is 10.9. The SMILES string of the molecule is O=C(N/N=C/c1cc([N+](=O)[O-])c(O)cc1O)c1ccc(Cl)cc1. The number of phenolic OH excluding ortho intramolecular Hbond substituents is 2. The van der Waals surface area contributed by atoms with Crippen molar-refractivity contribution in [3.05, 3.63) is 62.7 Å². The lowest BCUT2D eigenvalue weighted by molar-refractivity contribution is -0.385. The van der Waals surface area contributed by atoms with Crippen LogP contribution in [0.25, 0.3) is 0 Å². The molecule has 2 aromatic carbocycles. The summed E-state index contributed by atoms with van der Waals surface area (Å²) in [5, 5.41) is 33.8. The molecule has 8 nitrogen and oxygen atoms in total. The van der Waals surface area contributed by atoms with Crippen LogP contribution in [0.2, 0.25) is 5.02 Å². The van der Waals surface area contributed by atoms with E-state index in [9.17, 15) is 25.1 Å². The van der Waals surface area contributed by atoms with E-state index in [2.05, 4.69) is 10.5 Å². The minimum atomic E-state index is -0.807. The monoisotopic (exact) mass is 335 g/mol. The first-order valence-electron chi connectivity index (χ1n) is 6.18. The standard InChI is InChI=1S/C14H10ClN3O5/c15-10-3-1-8(2-4-10)14(21)17-16-7-9-5-11(18(22)23)13(20)6-12(9)19/h1-7,19-20H,(H,17,21)/b16-7+. The molecule has 2 rings (SSSR count). The molecule has 23 heavy (non-hydrogen) atoms. The predicted molar refractivity (Wildman–Crippen MR) is 82.9 cm³/mol. The highest BCUT2D eigenvalue weighted by atomic mass is 35.5. The van der Waals surface area contributed by atoms with Crippen molar-refractivity contribution < 1.29 is 19.9 Å². The number of carbonyl (C=O) groups is 1. The Bertz CT molecular complexity index is 790. The fourth-order valence-corrected chi connectivity index (χ4v) is 1.78. The number of nitrogens with one attached hydrogen (secondary N) is 1. The van der Waals surface area contributed by atoms with Crippen molar-refractivity contribution in [1.29, 1.82) is 0 Å². The molecule has 2 aromatic rings. The van der Waals surface area contributed by atoms with E-state index >= 15 is 0 Å². The molecule has 3 N–H and O–H groups in total. The Hall–Kier alpha value is -3.13. The second-order valence-corrected chi connectivity index (χ2v) is 4.80. The quantitative estimate of drug-likeness (QED) is 0.449. The van der Waals surface area contributed by atoms with E-state index in [0.29, 0.717) is 10.6 Å². The Balaban J connectivity index is 2.14. The van der Waals surface area contributed by atoms with Gasteiger partial charge >= 0.3 is 5.69 Å². The highest BCUT2D eigenvalue weighted by Gasteiger charge is 2.16. The maximum absolute atomic E-state index is 11.8. The van der Waals surface area contributed by atoms with Gasteiger partial charge in [-0.25, -0.2) is 5.43 Å². The number of rotatable bonds is 4. The van der Waals surface area contributed by atoms with Gasteiger partial charge in [0.2, 0.25) is 0 Å². The van der Waals surface area contributed by atoms with Gasteiger partial charge in [0, 0.05) is 28.3 Å². The fourth-order valence-electron chi connectivity index (χ4n) is 1.66. The number of carbonyl (C=O) groups excluding carboxylic acids is 1. The molecule has 0 heterocycles. The molecule has 0 aromatic heterocycles. The van der Waals surface area contributed by atoms with Crippen LogP contribution in [0.5, 0.6) is 11.5 Å². The highest BCUT2D eigenvalue weighted by Crippen LogP contribution is 2.31. The first-order valence-corrected chi connectivity index (χ1v) is 6.55. The molecule has 0 aliphatic rings. The molecule has 0 radical (unpaired) electrons. The average Bonchev–Trinajstić information content (AvgIpc) is 2.49. The number of hydrazone groups is 1. The molecule has 0 atom stereocenters. The zero-order valence-corrected chi connectivity index (χ0v) is 12.2. The average molecular weight is 336 g/mol. The summed E-state index contributed by atoms with van der Waals surface area (Å²) in [5.74, 6) is -1.61. The highest BCUT2D eigenvalue weighted by molar-refractivity contribution is 6.30. The Morgan fingerprint density at radius 1 is 1.22 bits per heavy atom. The Morgan fingerprint density at radius 2 is 1.87 bits per heavy atom. The minimum absolute atomic E-state index is 0.0362. The second-order valence-electron chi connectivity index (χ2n) is 4.36. The molecule has 1 amide bonds. The van der Waals surface area contributed by atoms with Crippen molar-refractivity contribution in [2.45, 2.75) is 0 Å². The molecule has 0 unspecified atom stereocenters. The number of nitro benzene ring substituents is 1. The summed E-state index contributed by atoms with van der Waals surface area (Å²) in [5.41, 5.74) is 1.89. The van der Waals surface area contributed by atoms with Crippen LogP contribution in [0.1, 0.15) is 15.9 Å². The van der Waals surface area contributed by atoms with Crippen LogP contribution >= 0.6 is 11.6 Å². The molecule has 0 aliphatic heterocycles. The van der Waals surface area contributed by atoms with Gasteiger partial charge in [0.05, 0.1) is 11.1 Å². The normalized spacial score (nSPS) is 10.7. The number of hydrogen-bond donors (Lipinski definition) is 3. The van der Waals surface area contributed by atoms with E-state index in [0.717, 1.165) is 18.3 Å². The summed E-state index contributed by atoms with van der Waals surface area (Å²) >= 11 is 5.71. The molecule has 0 fully saturated rings. The van der Waals surface area contributed by atoms with Crippen LogP contribution in [0.3, 0.4) is 0 Å². The van der Waals surface area contributed by atoms with Gasteiger partial charge in [-0.3, -0.25) is 14.9 Å². The van der Waals surface area contributed by atoms with E-state index in [-0.39, 0.29) is 5.56 Å². The van der Waals surface area contributed by atoms with Gasteiger partial charge in [-0.05, 0) is 24.3 Å². The molecule has 0 saturated heterocycles. The van der Waals surface area contributed by atoms with Crippen molar-refractivity contribution in [3.63, 3.8) is 0 Å². The summed E-state index contributed by atoms with van der Waals surface area (Å²) in [7, 11) is 0. The number of amides is 1. The maximum Gasteiger partial charge on any atom is 0.311 e. The smallest absolute Gasteiger partial charge is 0.311 e. The molecule has 0 aliphatic carbocycles. The number of halogens is 1. The van der Waals surface area contributed by atoms with Crippen LogP contribution in [-0.4, -0.2) is 27.3 Å². The fraction of sp³-hybridized carbons (Fsp3) is 0. The number of aromatic hydroxyl groups is 2. The molecular formula is C14H10ClN3O5. The van der Waals surface area contributed by atoms with E-state index in [4.69, 9.17) is 11.6 Å². The maximum atomic E-state index is 11.8. The number of benzene rings is 2. The Labute approximate surface area is 134 Å². The van der Waals surface area contributed by atoms with Gasteiger partial charge in [-0.1, -0.05) is 11.6 Å². The van der Waals surface area contributed by atoms with Gasteiger partial charge in [0.1, 0.15) is 5.75 Å². The van der Waals surface area contributed by atoms with Crippen LogP contribution in [0.15, 0.2) is 41.5 Å². The second kappa shape index (κ2) is 6.75. The lowest BCUT2D eigenvalue weighted by atomic mass is 10.2. The van der Waals surface area contributed by atoms with Gasteiger partial charge in [0.25, 0.3) is 5.91 Å². The van der Waals surface area contributed by atoms with Crippen molar-refractivity contribution in [1.82, 2.24) is 5.43 Å². The summed E-state index contributed by atoms with van der Waals surface area (Å²) in [6, 6.07) is 7.82. The molecule has 118 valence electrons. The lowest BCUT2D eigenvalue weighted by Crippen LogP contribution is -2.17. The summed E-state index contributed by atoms with van der Waals surface area (Å²) in [4.78, 5) is 21.7. The van der Waals surface area contributed by atoms with Gasteiger partial charge in [-0.2, -0.15) is 5.10 Å². The van der Waals surface area contributed by atoms with Crippen molar-refractivity contribution in [3.8, 4) is 11.5 Å². The predicted octanol–water partition coefficient (Wildman–Crippen LogP) is 2.42. The zero-order chi connectivity index (χ0) is 17.0. The topological polar surface area (TPSA) is 125 Å². The molecule has 0 bridgehead atoms. The van der Waals surface area contributed by atoms with Crippen LogP contribution in [0, 0.1) is 10.1 Å². The molecule has 0 spiro atoms. The van der Waals surface area contributed by atoms with Crippen LogP contribution in [-0.2, 0) is 0 Å². The lowest BCUT2D eigenvalue weighted by Gasteiger charge is -2.02. The third-order valence-electron chi connectivity index (χ3n) is 2.80. The van der Waals surface area contributed by atoms with Crippen molar-refractivity contribution in [2.24, 2.45) is 5.10 Å². The number of hydrogen-bond acceptors (Lipinski definition) is 6. The number of phenols is 2. The van der Waals surface area contributed by atoms with Gasteiger partial charge < -0.3 is 10.2 Å². The number of nitrogens with zero attached hydrogens (tertiary/aromatic N) is 2. The van der Waals surface area contributed by atoms with Crippen LogP contribution in [0.4, 0.5) is 5.69 Å². The van der Waals surface area contributed by atoms with E-state index in [1.54, 1.807) is 0 Å². The Kier molecular flexibility index (Phi) is 4.77. The third kappa shape index (κ3) is 3.95. The summed E-state index contributed by atoms with van der Waals surface area (Å²) in [6.07, 6.45) is 1.02. The van der Waals surface area contributed by atoms with Crippen LogP contribution < -0.4 is 5.43 Å². The first kappa shape index (κ1) is 16.2. The molecule has 0 saturated carbocycles. The summed E-state index contributed by atoms with van der Waals surface area (Å²) < 4.78 is 0. The molecule has 9 heteroatoms. The Morgan fingerprint density at radius 3 is 2.48 bits per heavy atom. The summed E-state index contributed by atoms with van der Waals surface area (Å²) in [6.45, 7) is 0. The zero-order valence-electron chi connectivity index (χ0n) is 11.4. The van der Waals surface area contributed by atoms with E-state index < -0.39 is 28.0 Å². The molecular weight excluding hydrogens is 326 g/mol. The van der Waals surface area contributed by atoms with Crippen molar-refractivity contribution >= 4 is 29.4 Å². The third-order valence-corrected chi connectivity index (χ3v) is 3.05. The van der Waals surface area contributed by atoms with Crippen molar-refractivity contribution in [2.75, 3.05) is 0 Å². The largest absolute Gasteiger partial charge is 0.507 e. The van der Waals surface area contributed by atoms with E-state index in [1.807, 2.05) is 0 Å². The van der Waals surface area contributed by atoms with E-state index in [1.165, 1.54) is 24.3 Å². The minimum Gasteiger partial charge on any atom is -0.507 e. The number of nitro groups is 1. The van der Waals surface area contributed by atoms with Gasteiger partial charge in [0.15, 0.2) is 5.75 Å².